The molecule has 4 nitrogen and oxygen atoms in total. The third-order valence-corrected chi connectivity index (χ3v) is 2.56. The van der Waals surface area contributed by atoms with E-state index in [1.54, 1.807) is 12.5 Å². The van der Waals surface area contributed by atoms with Crippen molar-refractivity contribution in [3.63, 3.8) is 0 Å². The van der Waals surface area contributed by atoms with Gasteiger partial charge in [-0.05, 0) is 32.4 Å². The van der Waals surface area contributed by atoms with E-state index in [4.69, 9.17) is 0 Å². The Hall–Kier alpha value is -1.16. The van der Waals surface area contributed by atoms with Crippen LogP contribution >= 0.6 is 0 Å². The molecule has 0 saturated carbocycles. The third-order valence-electron chi connectivity index (χ3n) is 2.56. The minimum Gasteiger partial charge on any atom is -0.367 e. The Bertz CT molecular complexity index is 275. The molecule has 1 aromatic heterocycles. The minimum absolute atomic E-state index is 0.543. The molecule has 4 heteroatoms. The first-order valence-corrected chi connectivity index (χ1v) is 5.10. The molecule has 1 aliphatic heterocycles. The fraction of sp³-hybridized carbons (Fsp3) is 0.600. The summed E-state index contributed by atoms with van der Waals surface area (Å²) in [5.41, 5.74) is 0. The monoisotopic (exact) mass is 192 g/mol. The molecule has 0 radical (unpaired) electrons. The van der Waals surface area contributed by atoms with E-state index in [0.29, 0.717) is 12.1 Å². The van der Waals surface area contributed by atoms with Crippen molar-refractivity contribution in [2.75, 3.05) is 11.9 Å². The third kappa shape index (κ3) is 2.42. The van der Waals surface area contributed by atoms with Crippen molar-refractivity contribution in [2.24, 2.45) is 0 Å². The quantitative estimate of drug-likeness (QED) is 0.734. The lowest BCUT2D eigenvalue weighted by Gasteiger charge is -2.28. The average molecular weight is 192 g/mol. The maximum atomic E-state index is 4.16. The van der Waals surface area contributed by atoms with E-state index < -0.39 is 0 Å². The SMILES string of the molecule is CC1CC(Nc2ccncn2)CCN1. The maximum absolute atomic E-state index is 4.16. The number of hydrogen-bond donors (Lipinski definition) is 2. The van der Waals surface area contributed by atoms with Gasteiger partial charge in [-0.1, -0.05) is 0 Å². The molecule has 0 spiro atoms. The Labute approximate surface area is 84.2 Å². The largest absolute Gasteiger partial charge is 0.367 e. The van der Waals surface area contributed by atoms with Gasteiger partial charge in [0.1, 0.15) is 12.1 Å². The zero-order valence-corrected chi connectivity index (χ0v) is 8.40. The van der Waals surface area contributed by atoms with Crippen LogP contribution < -0.4 is 10.6 Å². The van der Waals surface area contributed by atoms with Crippen molar-refractivity contribution in [3.8, 4) is 0 Å². The predicted octanol–water partition coefficient (Wildman–Crippen LogP) is 1.03. The highest BCUT2D eigenvalue weighted by Gasteiger charge is 2.17. The molecule has 1 aromatic rings. The highest BCUT2D eigenvalue weighted by atomic mass is 15.1. The van der Waals surface area contributed by atoms with Gasteiger partial charge in [-0.2, -0.15) is 0 Å². The molecule has 0 amide bonds. The van der Waals surface area contributed by atoms with Crippen molar-refractivity contribution >= 4 is 5.82 Å². The molecular formula is C10H16N4. The van der Waals surface area contributed by atoms with Gasteiger partial charge >= 0.3 is 0 Å². The summed E-state index contributed by atoms with van der Waals surface area (Å²) in [5, 5.41) is 6.85. The Morgan fingerprint density at radius 3 is 3.21 bits per heavy atom. The molecule has 1 saturated heterocycles. The van der Waals surface area contributed by atoms with Crippen molar-refractivity contribution in [1.82, 2.24) is 15.3 Å². The van der Waals surface area contributed by atoms with E-state index in [2.05, 4.69) is 27.5 Å². The molecular weight excluding hydrogens is 176 g/mol. The molecule has 1 aliphatic rings. The van der Waals surface area contributed by atoms with Gasteiger partial charge in [0, 0.05) is 18.3 Å². The molecule has 76 valence electrons. The second kappa shape index (κ2) is 4.37. The average Bonchev–Trinajstić information content (AvgIpc) is 2.19. The molecule has 2 rings (SSSR count). The van der Waals surface area contributed by atoms with Crippen LogP contribution in [0.2, 0.25) is 0 Å². The number of hydrogen-bond acceptors (Lipinski definition) is 4. The maximum Gasteiger partial charge on any atom is 0.129 e. The summed E-state index contributed by atoms with van der Waals surface area (Å²) >= 11 is 0. The van der Waals surface area contributed by atoms with Gasteiger partial charge in [-0.25, -0.2) is 9.97 Å². The summed E-state index contributed by atoms with van der Waals surface area (Å²) in [6.07, 6.45) is 5.66. The van der Waals surface area contributed by atoms with Crippen molar-refractivity contribution < 1.29 is 0 Å². The molecule has 1 fully saturated rings. The van der Waals surface area contributed by atoms with Crippen LogP contribution in [0, 0.1) is 0 Å². The van der Waals surface area contributed by atoms with Crippen LogP contribution in [0.1, 0.15) is 19.8 Å². The van der Waals surface area contributed by atoms with E-state index in [1.807, 2.05) is 6.07 Å². The van der Waals surface area contributed by atoms with E-state index >= 15 is 0 Å². The lowest BCUT2D eigenvalue weighted by atomic mass is 10.0. The predicted molar refractivity (Wildman–Crippen MR) is 56.1 cm³/mol. The summed E-state index contributed by atoms with van der Waals surface area (Å²) < 4.78 is 0. The van der Waals surface area contributed by atoms with Crippen LogP contribution in [0.5, 0.6) is 0 Å². The fourth-order valence-corrected chi connectivity index (χ4v) is 1.85. The number of nitrogens with zero attached hydrogens (tertiary/aromatic N) is 2. The Kier molecular flexibility index (Phi) is 2.93. The first-order chi connectivity index (χ1) is 6.84. The standard InChI is InChI=1S/C10H16N4/c1-8-6-9(2-5-12-8)14-10-3-4-11-7-13-10/h3-4,7-9,12H,2,5-6H2,1H3,(H,11,13,14). The van der Waals surface area contributed by atoms with Crippen molar-refractivity contribution in [1.29, 1.82) is 0 Å². The number of nitrogens with one attached hydrogen (secondary N) is 2. The highest BCUT2D eigenvalue weighted by Crippen LogP contribution is 2.12. The van der Waals surface area contributed by atoms with Crippen LogP contribution in [0.15, 0.2) is 18.6 Å². The Balaban J connectivity index is 1.91. The van der Waals surface area contributed by atoms with E-state index in [0.717, 1.165) is 25.2 Å². The first-order valence-electron chi connectivity index (χ1n) is 5.10. The molecule has 2 unspecified atom stereocenters. The van der Waals surface area contributed by atoms with E-state index in [1.165, 1.54) is 0 Å². The minimum atomic E-state index is 0.543. The second-order valence-electron chi connectivity index (χ2n) is 3.82. The summed E-state index contributed by atoms with van der Waals surface area (Å²) in [6.45, 7) is 3.30. The molecule has 2 heterocycles. The molecule has 2 N–H and O–H groups in total. The number of piperidine rings is 1. The smallest absolute Gasteiger partial charge is 0.129 e. The number of rotatable bonds is 2. The zero-order valence-electron chi connectivity index (χ0n) is 8.40. The summed E-state index contributed by atoms with van der Waals surface area (Å²) in [6, 6.07) is 3.05. The molecule has 2 atom stereocenters. The normalized spacial score (nSPS) is 27.2. The van der Waals surface area contributed by atoms with Gasteiger partial charge in [0.25, 0.3) is 0 Å². The second-order valence-corrected chi connectivity index (χ2v) is 3.82. The van der Waals surface area contributed by atoms with Crippen LogP contribution in [-0.4, -0.2) is 28.6 Å². The van der Waals surface area contributed by atoms with Gasteiger partial charge in [-0.15, -0.1) is 0 Å². The lowest BCUT2D eigenvalue weighted by molar-refractivity contribution is 0.396. The number of aromatic nitrogens is 2. The molecule has 0 bridgehead atoms. The first kappa shape index (κ1) is 9.40. The molecule has 0 aromatic carbocycles. The topological polar surface area (TPSA) is 49.8 Å². The van der Waals surface area contributed by atoms with Crippen LogP contribution in [0.25, 0.3) is 0 Å². The lowest BCUT2D eigenvalue weighted by Crippen LogP contribution is -2.41. The Morgan fingerprint density at radius 2 is 2.50 bits per heavy atom. The van der Waals surface area contributed by atoms with Gasteiger partial charge in [0.05, 0.1) is 0 Å². The van der Waals surface area contributed by atoms with E-state index in [-0.39, 0.29) is 0 Å². The number of anilines is 1. The zero-order chi connectivity index (χ0) is 9.80. The summed E-state index contributed by atoms with van der Waals surface area (Å²) in [5.74, 6) is 0.930. The van der Waals surface area contributed by atoms with Gasteiger partial charge < -0.3 is 10.6 Å². The summed E-state index contributed by atoms with van der Waals surface area (Å²) in [7, 11) is 0. The van der Waals surface area contributed by atoms with Gasteiger partial charge in [-0.3, -0.25) is 0 Å². The highest BCUT2D eigenvalue weighted by molar-refractivity contribution is 5.33. The van der Waals surface area contributed by atoms with Gasteiger partial charge in [0.15, 0.2) is 0 Å². The van der Waals surface area contributed by atoms with E-state index in [9.17, 15) is 0 Å². The summed E-state index contributed by atoms with van der Waals surface area (Å²) in [4.78, 5) is 8.05. The fourth-order valence-electron chi connectivity index (χ4n) is 1.85. The molecule has 0 aliphatic carbocycles. The van der Waals surface area contributed by atoms with Crippen molar-refractivity contribution in [2.45, 2.75) is 31.8 Å². The van der Waals surface area contributed by atoms with Crippen LogP contribution in [0.3, 0.4) is 0 Å². The Morgan fingerprint density at radius 1 is 1.57 bits per heavy atom. The van der Waals surface area contributed by atoms with Crippen molar-refractivity contribution in [3.05, 3.63) is 18.6 Å². The van der Waals surface area contributed by atoms with Crippen LogP contribution in [-0.2, 0) is 0 Å². The van der Waals surface area contributed by atoms with Crippen LogP contribution in [0.4, 0.5) is 5.82 Å². The molecule has 14 heavy (non-hydrogen) atoms. The van der Waals surface area contributed by atoms with Gasteiger partial charge in [0.2, 0.25) is 0 Å².